The number of hydrogen-bond donors (Lipinski definition) is 0. The Morgan fingerprint density at radius 1 is 1.03 bits per heavy atom. The third-order valence-electron chi connectivity index (χ3n) is 9.67. The van der Waals surface area contributed by atoms with Gasteiger partial charge in [-0.1, -0.05) is 32.9 Å². The van der Waals surface area contributed by atoms with Gasteiger partial charge >= 0.3 is 12.3 Å². The number of carbonyl (C=O) groups is 3. The van der Waals surface area contributed by atoms with Crippen LogP contribution in [0.5, 0.6) is 0 Å². The summed E-state index contributed by atoms with van der Waals surface area (Å²) in [6.45, 7) is 6.21. The molecule has 1 aromatic rings. The Labute approximate surface area is 219 Å². The highest BCUT2D eigenvalue weighted by Gasteiger charge is 2.65. The summed E-state index contributed by atoms with van der Waals surface area (Å²) < 4.78 is 27.3. The fraction of sp³-hybridized carbons (Fsp3) is 0.690. The molecule has 4 aliphatic carbocycles. The maximum atomic E-state index is 13.2. The van der Waals surface area contributed by atoms with Gasteiger partial charge in [-0.25, -0.2) is 9.59 Å². The van der Waals surface area contributed by atoms with Gasteiger partial charge in [0.05, 0.1) is 14.2 Å². The van der Waals surface area contributed by atoms with Crippen LogP contribution in [0.4, 0.5) is 9.59 Å². The molecule has 8 nitrogen and oxygen atoms in total. The Morgan fingerprint density at radius 3 is 2.38 bits per heavy atom. The molecule has 204 valence electrons. The molecule has 3 unspecified atom stereocenters. The summed E-state index contributed by atoms with van der Waals surface area (Å²) in [4.78, 5) is 37.5. The van der Waals surface area contributed by atoms with Crippen molar-refractivity contribution in [2.24, 2.45) is 28.6 Å². The molecule has 5 rings (SSSR count). The smallest absolute Gasteiger partial charge is 0.466 e. The van der Waals surface area contributed by atoms with Crippen molar-refractivity contribution < 1.29 is 37.7 Å². The molecule has 0 bridgehead atoms. The van der Waals surface area contributed by atoms with E-state index in [0.717, 1.165) is 24.4 Å². The molecule has 0 amide bonds. The summed E-state index contributed by atoms with van der Waals surface area (Å²) in [5.41, 5.74) is 0.325. The van der Waals surface area contributed by atoms with Gasteiger partial charge in [-0.2, -0.15) is 0 Å². The Hall–Kier alpha value is -2.77. The van der Waals surface area contributed by atoms with Gasteiger partial charge in [0.2, 0.25) is 0 Å². The number of Topliss-reactive ketones (excluding diaryl/α,β-unsaturated/α-hetero) is 1. The summed E-state index contributed by atoms with van der Waals surface area (Å²) in [7, 11) is 2.62. The van der Waals surface area contributed by atoms with E-state index in [1.165, 1.54) is 19.8 Å². The predicted molar refractivity (Wildman–Crippen MR) is 135 cm³/mol. The van der Waals surface area contributed by atoms with Gasteiger partial charge in [0, 0.05) is 30.1 Å². The number of rotatable bonds is 3. The SMILES string of the molecule is C.COC(=O)O[C@H]1CC[C@@]2(C)C(=C[C@@H](c3ccc(C)o3)C3C2[C@H](OC(=O)OC)C[C@]2(C)C(=O)CCC32)C1. The zero-order chi connectivity index (χ0) is 25.8. The van der Waals surface area contributed by atoms with Crippen molar-refractivity contribution in [1.29, 1.82) is 0 Å². The highest BCUT2D eigenvalue weighted by molar-refractivity contribution is 5.87. The fourth-order valence-corrected chi connectivity index (χ4v) is 7.98. The van der Waals surface area contributed by atoms with Crippen molar-refractivity contribution in [3.8, 4) is 0 Å². The number of carbonyl (C=O) groups excluding carboxylic acids is 3. The molecule has 8 atom stereocenters. The van der Waals surface area contributed by atoms with Crippen molar-refractivity contribution in [2.45, 2.75) is 84.8 Å². The number of furan rings is 1. The molecule has 1 aromatic heterocycles. The standard InChI is InChI=1S/C28H36O8.CH4/c1-15-6-8-20(34-15)18-13-16-12-17(35-25(30)32-4)10-11-27(16,2)24-21(36-26(31)33-5)14-28(3)19(23(18)24)7-9-22(28)29;/h6,8,13,17-19,21,23-24H,7,9-12,14H2,1-5H3;1H4/t17-,18-,19?,21+,23?,24?,27-,28-;/m0./s1. The molecule has 3 fully saturated rings. The first-order valence-electron chi connectivity index (χ1n) is 12.9. The molecule has 3 saturated carbocycles. The van der Waals surface area contributed by atoms with E-state index >= 15 is 0 Å². The van der Waals surface area contributed by atoms with E-state index < -0.39 is 23.8 Å². The van der Waals surface area contributed by atoms with Gasteiger partial charge in [0.15, 0.2) is 0 Å². The maximum absolute atomic E-state index is 13.2. The van der Waals surface area contributed by atoms with E-state index in [1.54, 1.807) is 0 Å². The molecule has 0 spiro atoms. The lowest BCUT2D eigenvalue weighted by atomic mass is 9.45. The first-order chi connectivity index (χ1) is 17.1. The highest BCUT2D eigenvalue weighted by Crippen LogP contribution is 2.67. The van der Waals surface area contributed by atoms with Gasteiger partial charge in [0.25, 0.3) is 0 Å². The van der Waals surface area contributed by atoms with E-state index in [9.17, 15) is 14.4 Å². The number of ether oxygens (including phenoxy) is 4. The van der Waals surface area contributed by atoms with Crippen LogP contribution in [0.1, 0.15) is 77.2 Å². The summed E-state index contributed by atoms with van der Waals surface area (Å²) in [5.74, 6) is 2.02. The Bertz CT molecular complexity index is 1090. The lowest BCUT2D eigenvalue weighted by Gasteiger charge is -2.60. The zero-order valence-electron chi connectivity index (χ0n) is 21.7. The molecule has 0 aliphatic heterocycles. The summed E-state index contributed by atoms with van der Waals surface area (Å²) in [5, 5.41) is 0. The van der Waals surface area contributed by atoms with Gasteiger partial charge < -0.3 is 23.4 Å². The minimum absolute atomic E-state index is 0. The molecular formula is C29H40O8. The minimum atomic E-state index is -0.723. The van der Waals surface area contributed by atoms with Crippen LogP contribution in [0, 0.1) is 35.5 Å². The number of allylic oxidation sites excluding steroid dienone is 1. The normalized spacial score (nSPS) is 38.2. The lowest BCUT2D eigenvalue weighted by molar-refractivity contribution is -0.151. The third-order valence-corrected chi connectivity index (χ3v) is 9.67. The van der Waals surface area contributed by atoms with Gasteiger partial charge in [-0.05, 0) is 62.0 Å². The van der Waals surface area contributed by atoms with Gasteiger partial charge in [-0.3, -0.25) is 4.79 Å². The van der Waals surface area contributed by atoms with E-state index in [2.05, 4.69) is 13.0 Å². The first kappa shape index (κ1) is 27.3. The highest BCUT2D eigenvalue weighted by atomic mass is 16.7. The maximum Gasteiger partial charge on any atom is 0.508 e. The average Bonchev–Trinajstić information content (AvgIpc) is 3.41. The molecule has 8 heteroatoms. The lowest BCUT2D eigenvalue weighted by Crippen LogP contribution is -2.59. The number of aryl methyl sites for hydroxylation is 1. The van der Waals surface area contributed by atoms with Gasteiger partial charge in [0.1, 0.15) is 29.5 Å². The number of methoxy groups -OCH3 is 2. The van der Waals surface area contributed by atoms with Crippen LogP contribution in [0.3, 0.4) is 0 Å². The van der Waals surface area contributed by atoms with Crippen LogP contribution >= 0.6 is 0 Å². The molecule has 37 heavy (non-hydrogen) atoms. The summed E-state index contributed by atoms with van der Waals surface area (Å²) in [6, 6.07) is 3.98. The van der Waals surface area contributed by atoms with E-state index in [1.807, 2.05) is 26.0 Å². The van der Waals surface area contributed by atoms with Crippen LogP contribution in [0.2, 0.25) is 0 Å². The second-order valence-corrected chi connectivity index (χ2v) is 11.4. The largest absolute Gasteiger partial charge is 0.508 e. The van der Waals surface area contributed by atoms with Crippen molar-refractivity contribution in [3.63, 3.8) is 0 Å². The van der Waals surface area contributed by atoms with Crippen molar-refractivity contribution >= 4 is 18.1 Å². The van der Waals surface area contributed by atoms with Crippen molar-refractivity contribution in [3.05, 3.63) is 35.3 Å². The molecule has 0 N–H and O–H groups in total. The van der Waals surface area contributed by atoms with Crippen LogP contribution in [0.25, 0.3) is 0 Å². The van der Waals surface area contributed by atoms with Crippen LogP contribution in [0.15, 0.2) is 28.2 Å². The predicted octanol–water partition coefficient (Wildman–Crippen LogP) is 6.36. The van der Waals surface area contributed by atoms with Crippen LogP contribution < -0.4 is 0 Å². The Balaban J connectivity index is 0.00000320. The molecule has 0 radical (unpaired) electrons. The zero-order valence-corrected chi connectivity index (χ0v) is 21.7. The first-order valence-corrected chi connectivity index (χ1v) is 12.9. The topological polar surface area (TPSA) is 101 Å². The monoisotopic (exact) mass is 516 g/mol. The van der Waals surface area contributed by atoms with Crippen LogP contribution in [-0.4, -0.2) is 44.5 Å². The van der Waals surface area contributed by atoms with E-state index in [0.29, 0.717) is 25.7 Å². The van der Waals surface area contributed by atoms with E-state index in [4.69, 9.17) is 23.4 Å². The second kappa shape index (κ2) is 9.84. The van der Waals surface area contributed by atoms with Crippen LogP contribution in [-0.2, 0) is 23.7 Å². The molecule has 1 heterocycles. The summed E-state index contributed by atoms with van der Waals surface area (Å²) in [6.07, 6.45) is 4.01. The number of ketones is 1. The van der Waals surface area contributed by atoms with Crippen molar-refractivity contribution in [2.75, 3.05) is 14.2 Å². The molecular weight excluding hydrogens is 476 g/mol. The average molecular weight is 517 g/mol. The number of fused-ring (bicyclic) bond motifs is 5. The summed E-state index contributed by atoms with van der Waals surface area (Å²) >= 11 is 0. The molecule has 0 aromatic carbocycles. The van der Waals surface area contributed by atoms with Gasteiger partial charge in [-0.15, -0.1) is 0 Å². The quantitative estimate of drug-likeness (QED) is 0.338. The molecule has 0 saturated heterocycles. The number of hydrogen-bond acceptors (Lipinski definition) is 8. The third kappa shape index (κ3) is 4.36. The second-order valence-electron chi connectivity index (χ2n) is 11.4. The molecule has 4 aliphatic rings. The van der Waals surface area contributed by atoms with E-state index in [-0.39, 0.29) is 48.4 Å². The minimum Gasteiger partial charge on any atom is -0.466 e. The van der Waals surface area contributed by atoms with Crippen molar-refractivity contribution in [1.82, 2.24) is 0 Å². The fourth-order valence-electron chi connectivity index (χ4n) is 7.98. The Kier molecular flexibility index (Phi) is 7.25. The Morgan fingerprint density at radius 2 is 1.73 bits per heavy atom.